The Morgan fingerprint density at radius 2 is 1.94 bits per heavy atom. The minimum absolute atomic E-state index is 0.0809. The third-order valence-corrected chi connectivity index (χ3v) is 7.47. The number of ether oxygens (including phenoxy) is 1. The highest BCUT2D eigenvalue weighted by Crippen LogP contribution is 2.39. The molecule has 10 heteroatoms. The van der Waals surface area contributed by atoms with Crippen LogP contribution >= 0.6 is 11.3 Å². The molecule has 1 amide bonds. The van der Waals surface area contributed by atoms with Crippen LogP contribution in [-0.4, -0.2) is 41.1 Å². The molecule has 0 unspecified atom stereocenters. The molecule has 1 atom stereocenters. The van der Waals surface area contributed by atoms with Gasteiger partial charge in [0.2, 0.25) is 16.9 Å². The van der Waals surface area contributed by atoms with Crippen molar-refractivity contribution in [1.29, 1.82) is 0 Å². The molecule has 0 aliphatic heterocycles. The molecule has 1 aliphatic carbocycles. The van der Waals surface area contributed by atoms with Crippen molar-refractivity contribution in [3.63, 3.8) is 0 Å². The zero-order chi connectivity index (χ0) is 25.8. The summed E-state index contributed by atoms with van der Waals surface area (Å²) in [5.74, 6) is -2.04. The molecule has 3 aromatic rings. The van der Waals surface area contributed by atoms with Crippen LogP contribution in [0.3, 0.4) is 0 Å². The molecular formula is C26H27F2N3O4S. The summed E-state index contributed by atoms with van der Waals surface area (Å²) < 4.78 is 34.5. The number of thiazole rings is 1. The van der Waals surface area contributed by atoms with Gasteiger partial charge in [-0.05, 0) is 36.1 Å². The van der Waals surface area contributed by atoms with Crippen LogP contribution in [0.5, 0.6) is 5.88 Å². The Bertz CT molecular complexity index is 1240. The molecular weight excluding hydrogens is 488 g/mol. The number of carbonyl (C=O) groups excluding carboxylic acids is 1. The Morgan fingerprint density at radius 1 is 1.19 bits per heavy atom. The first kappa shape index (κ1) is 25.7. The van der Waals surface area contributed by atoms with Gasteiger partial charge < -0.3 is 9.84 Å². The predicted molar refractivity (Wildman–Crippen MR) is 133 cm³/mol. The molecule has 0 spiro atoms. The van der Waals surface area contributed by atoms with Crippen molar-refractivity contribution in [3.05, 3.63) is 47.5 Å². The molecule has 1 aliphatic rings. The molecule has 36 heavy (non-hydrogen) atoms. The van der Waals surface area contributed by atoms with Crippen molar-refractivity contribution < 1.29 is 28.2 Å². The quantitative estimate of drug-likeness (QED) is 0.388. The highest BCUT2D eigenvalue weighted by molar-refractivity contribution is 7.14. The van der Waals surface area contributed by atoms with Gasteiger partial charge in [-0.25, -0.2) is 14.4 Å². The lowest BCUT2D eigenvalue weighted by molar-refractivity contribution is -0.140. The summed E-state index contributed by atoms with van der Waals surface area (Å²) in [5, 5.41) is 8.77. The molecule has 1 fully saturated rings. The summed E-state index contributed by atoms with van der Waals surface area (Å²) in [4.78, 5) is 34.4. The van der Waals surface area contributed by atoms with Gasteiger partial charge in [0.25, 0.3) is 0 Å². The Kier molecular flexibility index (Phi) is 7.93. The van der Waals surface area contributed by atoms with Crippen molar-refractivity contribution in [2.75, 3.05) is 19.1 Å². The van der Waals surface area contributed by atoms with Crippen molar-refractivity contribution in [3.8, 4) is 28.3 Å². The van der Waals surface area contributed by atoms with Crippen molar-refractivity contribution in [2.24, 2.45) is 11.8 Å². The second-order valence-electron chi connectivity index (χ2n) is 8.98. The molecule has 4 rings (SSSR count). The molecule has 1 saturated carbocycles. The molecule has 2 aromatic heterocycles. The van der Waals surface area contributed by atoms with Gasteiger partial charge in [0.15, 0.2) is 5.13 Å². The van der Waals surface area contributed by atoms with Crippen LogP contribution in [0.25, 0.3) is 22.4 Å². The minimum Gasteiger partial charge on any atom is -0.481 e. The summed E-state index contributed by atoms with van der Waals surface area (Å²) in [6.07, 6.45) is 5.84. The van der Waals surface area contributed by atoms with Crippen molar-refractivity contribution in [2.45, 2.75) is 38.5 Å². The first-order valence-corrected chi connectivity index (χ1v) is 12.5. The number of carboxylic acids is 1. The number of aliphatic carboxylic acids is 1. The van der Waals surface area contributed by atoms with E-state index in [1.54, 1.807) is 12.1 Å². The maximum atomic E-state index is 15.2. The summed E-state index contributed by atoms with van der Waals surface area (Å²) in [5.41, 5.74) is 1.25. The fraction of sp³-hybridized carbons (Fsp3) is 0.385. The number of hydrogen-bond acceptors (Lipinski definition) is 6. The maximum Gasteiger partial charge on any atom is 0.304 e. The van der Waals surface area contributed by atoms with Crippen LogP contribution in [0.4, 0.5) is 13.9 Å². The Hall–Kier alpha value is -3.40. The number of amides is 1. The van der Waals surface area contributed by atoms with Gasteiger partial charge in [-0.2, -0.15) is 4.39 Å². The number of aromatic nitrogens is 2. The molecule has 0 saturated heterocycles. The smallest absolute Gasteiger partial charge is 0.304 e. The molecule has 1 N–H and O–H groups in total. The van der Waals surface area contributed by atoms with Gasteiger partial charge in [0.05, 0.1) is 13.5 Å². The number of benzene rings is 1. The number of methoxy groups -OCH3 is 1. The van der Waals surface area contributed by atoms with Crippen molar-refractivity contribution in [1.82, 2.24) is 9.97 Å². The molecule has 1 aromatic carbocycles. The second kappa shape index (κ2) is 11.1. The highest BCUT2D eigenvalue weighted by atomic mass is 32.1. The topological polar surface area (TPSA) is 92.6 Å². The zero-order valence-electron chi connectivity index (χ0n) is 20.0. The molecule has 190 valence electrons. The normalized spacial score (nSPS) is 14.6. The molecule has 7 nitrogen and oxygen atoms in total. The van der Waals surface area contributed by atoms with Gasteiger partial charge in [-0.1, -0.05) is 43.1 Å². The first-order valence-electron chi connectivity index (χ1n) is 11.7. The maximum absolute atomic E-state index is 15.2. The Balaban J connectivity index is 1.64. The zero-order valence-corrected chi connectivity index (χ0v) is 20.9. The van der Waals surface area contributed by atoms with E-state index in [4.69, 9.17) is 4.74 Å². The van der Waals surface area contributed by atoms with E-state index in [9.17, 15) is 19.1 Å². The van der Waals surface area contributed by atoms with Crippen molar-refractivity contribution >= 4 is 28.3 Å². The molecule has 2 heterocycles. The van der Waals surface area contributed by atoms with E-state index in [-0.39, 0.29) is 22.8 Å². The fourth-order valence-electron chi connectivity index (χ4n) is 4.72. The summed E-state index contributed by atoms with van der Waals surface area (Å²) in [6, 6.07) is 7.35. The number of rotatable bonds is 9. The van der Waals surface area contributed by atoms with Gasteiger partial charge >= 0.3 is 5.97 Å². The highest BCUT2D eigenvalue weighted by Gasteiger charge is 2.31. The van der Waals surface area contributed by atoms with Crippen LogP contribution in [0.2, 0.25) is 0 Å². The average Bonchev–Trinajstić information content (AvgIpc) is 3.52. The largest absolute Gasteiger partial charge is 0.481 e. The number of carboxylic acid groups (broad SMARTS) is 1. The van der Waals surface area contributed by atoms with Gasteiger partial charge in [0.1, 0.15) is 11.5 Å². The second-order valence-corrected chi connectivity index (χ2v) is 9.90. The van der Waals surface area contributed by atoms with Crippen LogP contribution in [-0.2, 0) is 9.59 Å². The molecule has 0 bridgehead atoms. The Morgan fingerprint density at radius 3 is 2.58 bits per heavy atom. The van der Waals surface area contributed by atoms with E-state index in [1.165, 1.54) is 43.5 Å². The van der Waals surface area contributed by atoms with Gasteiger partial charge in [-0.15, -0.1) is 0 Å². The monoisotopic (exact) mass is 515 g/mol. The van der Waals surface area contributed by atoms with Crippen LogP contribution in [0, 0.1) is 22.8 Å². The predicted octanol–water partition coefficient (Wildman–Crippen LogP) is 5.79. The van der Waals surface area contributed by atoms with E-state index >= 15 is 4.39 Å². The van der Waals surface area contributed by atoms with Crippen LogP contribution in [0.15, 0.2) is 36.5 Å². The first-order chi connectivity index (χ1) is 17.3. The van der Waals surface area contributed by atoms with E-state index in [1.807, 2.05) is 0 Å². The Labute approximate surface area is 211 Å². The number of hydrogen-bond donors (Lipinski definition) is 1. The molecule has 0 radical (unpaired) electrons. The number of anilines is 1. The summed E-state index contributed by atoms with van der Waals surface area (Å²) in [7, 11) is 2.96. The lowest BCUT2D eigenvalue weighted by Crippen LogP contribution is -2.35. The summed E-state index contributed by atoms with van der Waals surface area (Å²) >= 11 is 0.662. The van der Waals surface area contributed by atoms with E-state index in [0.29, 0.717) is 40.7 Å². The number of pyridine rings is 1. The van der Waals surface area contributed by atoms with E-state index in [2.05, 4.69) is 9.97 Å². The number of nitrogens with zero attached hydrogens (tertiary/aromatic N) is 3. The standard InChI is InChI=1S/C26H27F2N3O4S/c1-31(25(34)17(12-22(32)33)11-15-5-3-4-6-15)26-30-23(24(28)36-26)20-13-18(27)8-9-19(20)16-7-10-21(35-2)29-14-16/h7-10,13-15,17H,3-6,11-12H2,1-2H3,(H,32,33)/t17-/m1/s1. The third kappa shape index (κ3) is 5.70. The fourth-order valence-corrected chi connectivity index (χ4v) is 5.50. The third-order valence-electron chi connectivity index (χ3n) is 6.55. The van der Waals surface area contributed by atoms with Gasteiger partial charge in [-0.3, -0.25) is 14.5 Å². The van der Waals surface area contributed by atoms with E-state index < -0.39 is 28.7 Å². The summed E-state index contributed by atoms with van der Waals surface area (Å²) in [6.45, 7) is 0. The van der Waals surface area contributed by atoms with E-state index in [0.717, 1.165) is 25.7 Å². The SMILES string of the molecule is COc1ccc(-c2ccc(F)cc2-c2nc(N(C)C(=O)[C@@H](CC(=O)O)CC3CCCC3)sc2F)cn1. The number of halogens is 2. The minimum atomic E-state index is -1.05. The average molecular weight is 516 g/mol. The van der Waals surface area contributed by atoms with Gasteiger partial charge in [0, 0.05) is 36.4 Å². The van der Waals surface area contributed by atoms with Crippen LogP contribution in [0.1, 0.15) is 38.5 Å². The van der Waals surface area contributed by atoms with Crippen LogP contribution < -0.4 is 9.64 Å². The number of carbonyl (C=O) groups is 2. The lowest BCUT2D eigenvalue weighted by Gasteiger charge is -2.23. The lowest BCUT2D eigenvalue weighted by atomic mass is 9.90.